The van der Waals surface area contributed by atoms with Crippen LogP contribution in [0, 0.1) is 0 Å². The number of hydrogen-bond acceptors (Lipinski definition) is 3. The Hall–Kier alpha value is -0.120. The van der Waals surface area contributed by atoms with E-state index in [1.165, 1.54) is 71.4 Å². The smallest absolute Gasteiger partial charge is 0.0221 e. The first kappa shape index (κ1) is 14.3. The van der Waals surface area contributed by atoms with Crippen LogP contribution in [0.15, 0.2) is 0 Å². The van der Waals surface area contributed by atoms with Gasteiger partial charge in [0.1, 0.15) is 0 Å². The van der Waals surface area contributed by atoms with Gasteiger partial charge in [0.15, 0.2) is 0 Å². The number of rotatable bonds is 7. The zero-order chi connectivity index (χ0) is 12.8. The quantitative estimate of drug-likeness (QED) is 0.748. The Morgan fingerprint density at radius 3 is 2.56 bits per heavy atom. The van der Waals surface area contributed by atoms with Gasteiger partial charge in [-0.1, -0.05) is 13.8 Å². The second-order valence-electron chi connectivity index (χ2n) is 6.30. The van der Waals surface area contributed by atoms with Crippen molar-refractivity contribution in [2.45, 2.75) is 58.0 Å². The van der Waals surface area contributed by atoms with E-state index in [-0.39, 0.29) is 0 Å². The lowest BCUT2D eigenvalue weighted by Gasteiger charge is -2.26. The number of hydrogen-bond donors (Lipinski definition) is 1. The fourth-order valence-electron chi connectivity index (χ4n) is 3.30. The van der Waals surface area contributed by atoms with Gasteiger partial charge in [0.2, 0.25) is 0 Å². The molecular formula is C15H31N3. The van der Waals surface area contributed by atoms with E-state index in [4.69, 9.17) is 0 Å². The van der Waals surface area contributed by atoms with Gasteiger partial charge in [-0.05, 0) is 64.8 Å². The predicted molar refractivity (Wildman–Crippen MR) is 78.0 cm³/mol. The largest absolute Gasteiger partial charge is 0.313 e. The van der Waals surface area contributed by atoms with Gasteiger partial charge in [-0.2, -0.15) is 0 Å². The highest BCUT2D eigenvalue weighted by atomic mass is 15.2. The van der Waals surface area contributed by atoms with Crippen LogP contribution < -0.4 is 5.32 Å². The van der Waals surface area contributed by atoms with Gasteiger partial charge < -0.3 is 10.2 Å². The van der Waals surface area contributed by atoms with Gasteiger partial charge in [-0.25, -0.2) is 0 Å². The van der Waals surface area contributed by atoms with Crippen molar-refractivity contribution in [2.75, 3.05) is 39.3 Å². The van der Waals surface area contributed by atoms with Gasteiger partial charge in [-0.3, -0.25) is 4.90 Å². The van der Waals surface area contributed by atoms with Gasteiger partial charge in [0.05, 0.1) is 0 Å². The maximum Gasteiger partial charge on any atom is 0.0221 e. The SMILES string of the molecule is CC(C)NCC1CCCN1CCCN1CCCC1. The highest BCUT2D eigenvalue weighted by Gasteiger charge is 2.24. The number of nitrogens with one attached hydrogen (secondary N) is 1. The lowest BCUT2D eigenvalue weighted by Crippen LogP contribution is -2.41. The molecule has 1 atom stereocenters. The molecule has 0 spiro atoms. The first-order valence-electron chi connectivity index (χ1n) is 7.95. The Morgan fingerprint density at radius 1 is 1.06 bits per heavy atom. The van der Waals surface area contributed by atoms with E-state index in [0.717, 1.165) is 6.04 Å². The molecule has 0 saturated carbocycles. The minimum atomic E-state index is 0.622. The van der Waals surface area contributed by atoms with Crippen LogP contribution in [0.1, 0.15) is 46.0 Å². The Morgan fingerprint density at radius 2 is 1.83 bits per heavy atom. The van der Waals surface area contributed by atoms with Gasteiger partial charge in [-0.15, -0.1) is 0 Å². The van der Waals surface area contributed by atoms with Crippen molar-refractivity contribution in [3.63, 3.8) is 0 Å². The van der Waals surface area contributed by atoms with E-state index in [1.54, 1.807) is 0 Å². The second kappa shape index (κ2) is 7.46. The molecule has 18 heavy (non-hydrogen) atoms. The molecule has 2 heterocycles. The van der Waals surface area contributed by atoms with Gasteiger partial charge in [0.25, 0.3) is 0 Å². The Kier molecular flexibility index (Phi) is 5.93. The van der Waals surface area contributed by atoms with Crippen LogP contribution in [-0.2, 0) is 0 Å². The van der Waals surface area contributed by atoms with Gasteiger partial charge in [0, 0.05) is 18.6 Å². The third-order valence-electron chi connectivity index (χ3n) is 4.38. The fraction of sp³-hybridized carbons (Fsp3) is 1.00. The Labute approximate surface area is 113 Å². The van der Waals surface area contributed by atoms with Crippen LogP contribution in [0.4, 0.5) is 0 Å². The van der Waals surface area contributed by atoms with Crippen LogP contribution in [0.2, 0.25) is 0 Å². The lowest BCUT2D eigenvalue weighted by molar-refractivity contribution is 0.224. The van der Waals surface area contributed by atoms with E-state index in [0.29, 0.717) is 6.04 Å². The van der Waals surface area contributed by atoms with E-state index in [1.807, 2.05) is 0 Å². The molecule has 2 aliphatic heterocycles. The number of nitrogens with zero attached hydrogens (tertiary/aromatic N) is 2. The maximum absolute atomic E-state index is 3.60. The van der Waals surface area contributed by atoms with Crippen LogP contribution in [0.25, 0.3) is 0 Å². The summed E-state index contributed by atoms with van der Waals surface area (Å²) in [6, 6.07) is 1.42. The summed E-state index contributed by atoms with van der Waals surface area (Å²) in [5.74, 6) is 0. The topological polar surface area (TPSA) is 18.5 Å². The summed E-state index contributed by atoms with van der Waals surface area (Å²) in [7, 11) is 0. The third kappa shape index (κ3) is 4.52. The van der Waals surface area contributed by atoms with Crippen molar-refractivity contribution < 1.29 is 0 Å². The van der Waals surface area contributed by atoms with Crippen molar-refractivity contribution in [1.29, 1.82) is 0 Å². The third-order valence-corrected chi connectivity index (χ3v) is 4.38. The second-order valence-corrected chi connectivity index (χ2v) is 6.30. The average molecular weight is 253 g/mol. The molecule has 0 aromatic carbocycles. The van der Waals surface area contributed by atoms with E-state index in [9.17, 15) is 0 Å². The monoisotopic (exact) mass is 253 g/mol. The molecule has 2 fully saturated rings. The van der Waals surface area contributed by atoms with Gasteiger partial charge >= 0.3 is 0 Å². The highest BCUT2D eigenvalue weighted by molar-refractivity contribution is 4.81. The van der Waals surface area contributed by atoms with Crippen LogP contribution in [0.5, 0.6) is 0 Å². The minimum Gasteiger partial charge on any atom is -0.313 e. The summed E-state index contributed by atoms with van der Waals surface area (Å²) in [6.45, 7) is 12.3. The van der Waals surface area contributed by atoms with Crippen LogP contribution >= 0.6 is 0 Å². The molecule has 0 amide bonds. The van der Waals surface area contributed by atoms with Crippen molar-refractivity contribution in [3.8, 4) is 0 Å². The summed E-state index contributed by atoms with van der Waals surface area (Å²) in [6.07, 6.45) is 6.99. The normalized spacial score (nSPS) is 26.5. The lowest BCUT2D eigenvalue weighted by atomic mass is 10.2. The number of likely N-dealkylation sites (tertiary alicyclic amines) is 2. The molecule has 2 rings (SSSR count). The fourth-order valence-corrected chi connectivity index (χ4v) is 3.30. The molecule has 0 aliphatic carbocycles. The zero-order valence-corrected chi connectivity index (χ0v) is 12.3. The zero-order valence-electron chi connectivity index (χ0n) is 12.3. The van der Waals surface area contributed by atoms with Crippen molar-refractivity contribution in [3.05, 3.63) is 0 Å². The molecule has 3 nitrogen and oxygen atoms in total. The molecule has 1 unspecified atom stereocenters. The molecule has 3 heteroatoms. The summed E-state index contributed by atoms with van der Waals surface area (Å²) >= 11 is 0. The molecule has 2 aliphatic rings. The van der Waals surface area contributed by atoms with Crippen LogP contribution in [0.3, 0.4) is 0 Å². The predicted octanol–water partition coefficient (Wildman–Crippen LogP) is 1.93. The molecule has 0 aromatic rings. The van der Waals surface area contributed by atoms with E-state index in [2.05, 4.69) is 29.0 Å². The Balaban J connectivity index is 1.61. The van der Waals surface area contributed by atoms with Crippen molar-refractivity contribution in [1.82, 2.24) is 15.1 Å². The van der Waals surface area contributed by atoms with Crippen LogP contribution in [-0.4, -0.2) is 61.2 Å². The molecule has 0 radical (unpaired) electrons. The molecule has 1 N–H and O–H groups in total. The Bertz CT molecular complexity index is 224. The molecule has 0 bridgehead atoms. The summed E-state index contributed by atoms with van der Waals surface area (Å²) in [5.41, 5.74) is 0. The standard InChI is InChI=1S/C15H31N3/c1-14(2)16-13-15-7-5-11-18(15)12-6-10-17-8-3-4-9-17/h14-16H,3-13H2,1-2H3. The summed E-state index contributed by atoms with van der Waals surface area (Å²) < 4.78 is 0. The highest BCUT2D eigenvalue weighted by Crippen LogP contribution is 2.17. The summed E-state index contributed by atoms with van der Waals surface area (Å²) in [5, 5.41) is 3.60. The molecule has 106 valence electrons. The van der Waals surface area contributed by atoms with Crippen molar-refractivity contribution >= 4 is 0 Å². The van der Waals surface area contributed by atoms with Crippen molar-refractivity contribution in [2.24, 2.45) is 0 Å². The molecule has 2 saturated heterocycles. The molecule has 0 aromatic heterocycles. The van der Waals surface area contributed by atoms with E-state index < -0.39 is 0 Å². The average Bonchev–Trinajstić information content (AvgIpc) is 2.97. The first-order valence-corrected chi connectivity index (χ1v) is 7.95. The summed E-state index contributed by atoms with van der Waals surface area (Å²) in [4.78, 5) is 5.35. The minimum absolute atomic E-state index is 0.622. The molecular weight excluding hydrogens is 222 g/mol. The van der Waals surface area contributed by atoms with E-state index >= 15 is 0 Å². The first-order chi connectivity index (χ1) is 8.75. The maximum atomic E-state index is 3.60.